The van der Waals surface area contributed by atoms with Crippen molar-refractivity contribution in [1.82, 2.24) is 15.0 Å². The van der Waals surface area contributed by atoms with Crippen LogP contribution in [0.3, 0.4) is 0 Å². The first-order valence-corrected chi connectivity index (χ1v) is 21.6. The maximum atomic E-state index is 6.76. The molecule has 6 aliphatic carbocycles. The van der Waals surface area contributed by atoms with Gasteiger partial charge in [0.05, 0.1) is 5.41 Å². The third-order valence-electron chi connectivity index (χ3n) is 15.7. The Labute approximate surface area is 344 Å². The van der Waals surface area contributed by atoms with Crippen LogP contribution >= 0.6 is 0 Å². The molecule has 0 radical (unpaired) electrons. The minimum atomic E-state index is -0.513. The highest BCUT2D eigenvalue weighted by Crippen LogP contribution is 2.73. The molecule has 1 aromatic heterocycles. The summed E-state index contributed by atoms with van der Waals surface area (Å²) in [7, 11) is 0. The molecule has 4 heteroatoms. The quantitative estimate of drug-likeness (QED) is 0.179. The monoisotopic (exact) mass is 759 g/mol. The molecule has 1 aliphatic heterocycles. The number of fused-ring (bicyclic) bond motifs is 10. The minimum absolute atomic E-state index is 0.0667. The summed E-state index contributed by atoms with van der Waals surface area (Å²) in [6.07, 6.45) is 6.72. The van der Waals surface area contributed by atoms with Crippen molar-refractivity contribution in [2.24, 2.45) is 29.6 Å². The predicted molar refractivity (Wildman–Crippen MR) is 233 cm³/mol. The van der Waals surface area contributed by atoms with Crippen molar-refractivity contribution in [3.63, 3.8) is 0 Å². The van der Waals surface area contributed by atoms with Crippen LogP contribution in [0.2, 0.25) is 0 Å². The van der Waals surface area contributed by atoms with Gasteiger partial charge in [0, 0.05) is 27.7 Å². The molecule has 0 saturated heterocycles. The number of para-hydroxylation sites is 1. The second-order valence-electron chi connectivity index (χ2n) is 18.4. The summed E-state index contributed by atoms with van der Waals surface area (Å²) in [5.74, 6) is 8.44. The molecule has 5 saturated carbocycles. The molecule has 3 unspecified atom stereocenters. The fourth-order valence-corrected chi connectivity index (χ4v) is 13.8. The first-order valence-electron chi connectivity index (χ1n) is 21.6. The van der Waals surface area contributed by atoms with E-state index in [1.165, 1.54) is 76.3 Å². The van der Waals surface area contributed by atoms with Crippen molar-refractivity contribution in [2.45, 2.75) is 42.9 Å². The zero-order valence-electron chi connectivity index (χ0n) is 32.7. The fourth-order valence-electron chi connectivity index (χ4n) is 13.8. The minimum Gasteiger partial charge on any atom is -0.457 e. The molecule has 0 amide bonds. The van der Waals surface area contributed by atoms with E-state index in [2.05, 4.69) is 158 Å². The van der Waals surface area contributed by atoms with E-state index in [-0.39, 0.29) is 5.41 Å². The largest absolute Gasteiger partial charge is 0.457 e. The first-order chi connectivity index (χ1) is 29.1. The molecule has 5 fully saturated rings. The third-order valence-corrected chi connectivity index (χ3v) is 15.7. The summed E-state index contributed by atoms with van der Waals surface area (Å²) in [6.45, 7) is 0. The van der Waals surface area contributed by atoms with E-state index in [0.717, 1.165) is 74.9 Å². The molecule has 1 spiro atoms. The standard InChI is InChI=1S/C55H41N3O/c1-2-11-34-26-38(21-20-33(34)10-1)52-56-51(57-53(58-52)54-30-32-24-39-28-40(31-54)43(25-32)50(39)54)37-13-9-12-35(27-37)36-22-23-49-47(29-36)55(46-18-7-8-19-48(46)59-49)44-16-5-3-14-41(44)42-15-4-6-17-45(42)55/h1-23,26-27,29,32,39-40,43,50H,24-25,28,30-31H2/t32-,39-,40?,43-,50?,54?/m0/s1. The van der Waals surface area contributed by atoms with Gasteiger partial charge in [0.1, 0.15) is 17.3 Å². The van der Waals surface area contributed by atoms with Crippen LogP contribution in [-0.4, -0.2) is 15.0 Å². The van der Waals surface area contributed by atoms with Gasteiger partial charge < -0.3 is 4.74 Å². The van der Waals surface area contributed by atoms with Crippen molar-refractivity contribution >= 4 is 10.8 Å². The Morgan fingerprint density at radius 3 is 1.93 bits per heavy atom. The molecule has 0 N–H and O–H groups in total. The highest BCUT2D eigenvalue weighted by molar-refractivity contribution is 5.90. The van der Waals surface area contributed by atoms with Gasteiger partial charge in [-0.25, -0.2) is 15.0 Å². The van der Waals surface area contributed by atoms with E-state index in [1.807, 2.05) is 0 Å². The van der Waals surface area contributed by atoms with Crippen LogP contribution < -0.4 is 4.74 Å². The maximum Gasteiger partial charge on any atom is 0.163 e. The molecular weight excluding hydrogens is 719 g/mol. The van der Waals surface area contributed by atoms with Gasteiger partial charge in [-0.1, -0.05) is 127 Å². The van der Waals surface area contributed by atoms with Crippen LogP contribution in [0.25, 0.3) is 55.8 Å². The average molecular weight is 760 g/mol. The Kier molecular flexibility index (Phi) is 6.42. The van der Waals surface area contributed by atoms with Crippen LogP contribution in [0.4, 0.5) is 0 Å². The van der Waals surface area contributed by atoms with E-state index in [0.29, 0.717) is 5.92 Å². The number of ether oxygens (including phenoxy) is 1. The fraction of sp³-hybridized carbons (Fsp3) is 0.218. The second-order valence-corrected chi connectivity index (χ2v) is 18.4. The Hall–Kier alpha value is -6.39. The lowest BCUT2D eigenvalue weighted by Crippen LogP contribution is -2.49. The van der Waals surface area contributed by atoms with Crippen molar-refractivity contribution in [1.29, 1.82) is 0 Å². The predicted octanol–water partition coefficient (Wildman–Crippen LogP) is 12.8. The van der Waals surface area contributed by atoms with Crippen LogP contribution in [0.15, 0.2) is 158 Å². The Morgan fingerprint density at radius 2 is 1.12 bits per heavy atom. The Morgan fingerprint density at radius 1 is 0.458 bits per heavy atom. The van der Waals surface area contributed by atoms with Crippen molar-refractivity contribution in [3.05, 3.63) is 186 Å². The molecule has 7 aliphatic rings. The van der Waals surface area contributed by atoms with Crippen LogP contribution in [0.1, 0.15) is 60.2 Å². The zero-order chi connectivity index (χ0) is 38.5. The first kappa shape index (κ1) is 32.6. The van der Waals surface area contributed by atoms with Crippen molar-refractivity contribution in [3.8, 4) is 56.5 Å². The molecule has 59 heavy (non-hydrogen) atoms. The van der Waals surface area contributed by atoms with Gasteiger partial charge in [0.15, 0.2) is 11.6 Å². The number of hydrogen-bond donors (Lipinski definition) is 0. The van der Waals surface area contributed by atoms with E-state index in [9.17, 15) is 0 Å². The molecule has 4 nitrogen and oxygen atoms in total. The molecule has 7 aromatic carbocycles. The third kappa shape index (κ3) is 4.31. The Balaban J connectivity index is 0.939. The van der Waals surface area contributed by atoms with Crippen molar-refractivity contribution in [2.75, 3.05) is 0 Å². The smallest absolute Gasteiger partial charge is 0.163 e. The van der Waals surface area contributed by atoms with Gasteiger partial charge in [-0.2, -0.15) is 0 Å². The molecule has 15 rings (SSSR count). The summed E-state index contributed by atoms with van der Waals surface area (Å²) < 4.78 is 6.76. The topological polar surface area (TPSA) is 47.9 Å². The van der Waals surface area contributed by atoms with Gasteiger partial charge in [-0.15, -0.1) is 0 Å². The lowest BCUT2D eigenvalue weighted by Gasteiger charge is -2.52. The molecule has 6 bridgehead atoms. The summed E-state index contributed by atoms with van der Waals surface area (Å²) >= 11 is 0. The van der Waals surface area contributed by atoms with Gasteiger partial charge in [0.2, 0.25) is 0 Å². The molecule has 6 atom stereocenters. The lowest BCUT2D eigenvalue weighted by atomic mass is 9.52. The number of nitrogens with zero attached hydrogens (tertiary/aromatic N) is 3. The zero-order valence-corrected chi connectivity index (χ0v) is 32.7. The summed E-state index contributed by atoms with van der Waals surface area (Å²) in [4.78, 5) is 16.4. The number of benzene rings is 7. The molecule has 8 aromatic rings. The summed E-state index contributed by atoms with van der Waals surface area (Å²) in [6, 6.07) is 57.4. The van der Waals surface area contributed by atoms with Gasteiger partial charge in [-0.3, -0.25) is 0 Å². The van der Waals surface area contributed by atoms with Crippen molar-refractivity contribution < 1.29 is 4.74 Å². The van der Waals surface area contributed by atoms with Gasteiger partial charge in [-0.05, 0) is 136 Å². The highest BCUT2D eigenvalue weighted by Gasteiger charge is 2.69. The molecular formula is C55H41N3O. The number of hydrogen-bond acceptors (Lipinski definition) is 4. The molecule has 2 heterocycles. The maximum absolute atomic E-state index is 6.76. The van der Waals surface area contributed by atoms with E-state index in [1.54, 1.807) is 0 Å². The average Bonchev–Trinajstić information content (AvgIpc) is 3.83. The van der Waals surface area contributed by atoms with Gasteiger partial charge in [0.25, 0.3) is 0 Å². The second kappa shape index (κ2) is 11.6. The number of rotatable bonds is 4. The van der Waals surface area contributed by atoms with E-state index in [4.69, 9.17) is 19.7 Å². The van der Waals surface area contributed by atoms with Gasteiger partial charge >= 0.3 is 0 Å². The SMILES string of the molecule is c1cc(-c2ccc3c(c2)C2(c4ccccc4O3)c3ccccc3-c3ccccc32)cc(-c2nc(-c3ccc4ccccc4c3)nc(C34CC5C[C@@H]6C[C@@H](C[C@@H]5C63)C4)n2)c1. The van der Waals surface area contributed by atoms with Crippen LogP contribution in [0.5, 0.6) is 11.5 Å². The Bertz CT molecular complexity index is 3040. The summed E-state index contributed by atoms with van der Waals surface area (Å²) in [5.41, 5.74) is 11.4. The normalized spacial score (nSPS) is 25.5. The van der Waals surface area contributed by atoms with Crippen LogP contribution in [0, 0.1) is 29.6 Å². The lowest BCUT2D eigenvalue weighted by molar-refractivity contribution is 0.0159. The van der Waals surface area contributed by atoms with E-state index >= 15 is 0 Å². The molecule has 282 valence electrons. The highest BCUT2D eigenvalue weighted by atomic mass is 16.5. The summed E-state index contributed by atoms with van der Waals surface area (Å²) in [5, 5.41) is 2.43. The van der Waals surface area contributed by atoms with Crippen LogP contribution in [-0.2, 0) is 10.8 Å². The number of aromatic nitrogens is 3. The van der Waals surface area contributed by atoms with E-state index < -0.39 is 5.41 Å².